The van der Waals surface area contributed by atoms with E-state index in [0.29, 0.717) is 0 Å². The van der Waals surface area contributed by atoms with Crippen LogP contribution < -0.4 is 5.19 Å². The molecular weight excluding hydrogens is 234 g/mol. The molecule has 1 nitrogen and oxygen atoms in total. The van der Waals surface area contributed by atoms with Gasteiger partial charge in [-0.3, -0.25) is 0 Å². The van der Waals surface area contributed by atoms with Crippen LogP contribution >= 0.6 is 0 Å². The molecule has 0 atom stereocenters. The van der Waals surface area contributed by atoms with Crippen molar-refractivity contribution in [3.63, 3.8) is 0 Å². The zero-order valence-corrected chi connectivity index (χ0v) is 12.4. The van der Waals surface area contributed by atoms with Crippen LogP contribution in [0.1, 0.15) is 32.1 Å². The lowest BCUT2D eigenvalue weighted by Gasteiger charge is -2.36. The number of nitrogens with zero attached hydrogens (tertiary/aromatic N) is 1. The van der Waals surface area contributed by atoms with Crippen molar-refractivity contribution in [2.24, 2.45) is 0 Å². The van der Waals surface area contributed by atoms with Crippen LogP contribution in [0.2, 0.25) is 12.1 Å². The summed E-state index contributed by atoms with van der Waals surface area (Å²) in [5.41, 5.74) is 0. The van der Waals surface area contributed by atoms with Gasteiger partial charge in [-0.05, 0) is 32.1 Å². The Hall–Kier alpha value is -0.603. The van der Waals surface area contributed by atoms with Gasteiger partial charge >= 0.3 is 0 Å². The Morgan fingerprint density at radius 1 is 0.833 bits per heavy atom. The van der Waals surface area contributed by atoms with Gasteiger partial charge in [-0.2, -0.15) is 0 Å². The molecule has 2 saturated heterocycles. The predicted molar refractivity (Wildman–Crippen MR) is 81.0 cm³/mol. The van der Waals surface area contributed by atoms with Crippen LogP contribution in [0.3, 0.4) is 0 Å². The van der Waals surface area contributed by atoms with Crippen molar-refractivity contribution in [1.82, 2.24) is 4.90 Å². The Kier molecular flexibility index (Phi) is 3.85. The van der Waals surface area contributed by atoms with Crippen molar-refractivity contribution in [2.75, 3.05) is 19.3 Å². The summed E-state index contributed by atoms with van der Waals surface area (Å²) < 4.78 is 0. The summed E-state index contributed by atoms with van der Waals surface area (Å²) >= 11 is 0. The fraction of sp³-hybridized carbons (Fsp3) is 0.625. The molecule has 18 heavy (non-hydrogen) atoms. The minimum absolute atomic E-state index is 1.17. The van der Waals surface area contributed by atoms with Crippen molar-refractivity contribution in [3.05, 3.63) is 30.3 Å². The number of piperidine rings is 1. The maximum atomic E-state index is 2.79. The molecule has 0 unspecified atom stereocenters. The lowest BCUT2D eigenvalue weighted by Crippen LogP contribution is -2.55. The Morgan fingerprint density at radius 3 is 2.17 bits per heavy atom. The lowest BCUT2D eigenvalue weighted by molar-refractivity contribution is 0.259. The average Bonchev–Trinajstić information content (AvgIpc) is 2.91. The molecule has 0 aromatic heterocycles. The van der Waals surface area contributed by atoms with E-state index in [-0.39, 0.29) is 0 Å². The van der Waals surface area contributed by atoms with Crippen LogP contribution in [-0.4, -0.2) is 32.2 Å². The molecule has 2 fully saturated rings. The Morgan fingerprint density at radius 2 is 1.50 bits per heavy atom. The highest BCUT2D eigenvalue weighted by molar-refractivity contribution is 6.92. The largest absolute Gasteiger partial charge is 0.306 e. The first-order valence-electron chi connectivity index (χ1n) is 7.67. The predicted octanol–water partition coefficient (Wildman–Crippen LogP) is 3.16. The molecule has 2 aliphatic rings. The van der Waals surface area contributed by atoms with Crippen LogP contribution in [0, 0.1) is 0 Å². The molecule has 0 bridgehead atoms. The monoisotopic (exact) mass is 259 g/mol. The minimum Gasteiger partial charge on any atom is -0.306 e. The third-order valence-electron chi connectivity index (χ3n) is 4.92. The third-order valence-corrected chi connectivity index (χ3v) is 10.2. The fourth-order valence-corrected chi connectivity index (χ4v) is 9.18. The van der Waals surface area contributed by atoms with E-state index in [1.54, 1.807) is 5.19 Å². The molecule has 0 amide bonds. The molecule has 3 rings (SSSR count). The van der Waals surface area contributed by atoms with E-state index < -0.39 is 8.07 Å². The molecule has 98 valence electrons. The Balaban J connectivity index is 1.78. The second kappa shape index (κ2) is 5.58. The van der Waals surface area contributed by atoms with Gasteiger partial charge in [0.1, 0.15) is 8.07 Å². The molecule has 0 saturated carbocycles. The normalized spacial score (nSPS) is 24.2. The molecule has 0 spiro atoms. The molecule has 1 aromatic rings. The quantitative estimate of drug-likeness (QED) is 0.754. The van der Waals surface area contributed by atoms with Crippen LogP contribution in [0.5, 0.6) is 0 Å². The van der Waals surface area contributed by atoms with E-state index in [0.717, 1.165) is 0 Å². The zero-order valence-electron chi connectivity index (χ0n) is 11.4. The fourth-order valence-electron chi connectivity index (χ4n) is 3.93. The number of rotatable bonds is 3. The average molecular weight is 259 g/mol. The second-order valence-electron chi connectivity index (χ2n) is 6.19. The molecule has 0 radical (unpaired) electrons. The number of likely N-dealkylation sites (tertiary alicyclic amines) is 1. The first kappa shape index (κ1) is 12.4. The van der Waals surface area contributed by atoms with Gasteiger partial charge in [0.2, 0.25) is 0 Å². The standard InChI is InChI=1S/C16H25NSi/c1-3-9-16(10-4-1)18(13-7-8-14-18)15-17-11-5-2-6-12-17/h1,3-4,9-10H,2,5-8,11-15H2. The Bertz CT molecular complexity index is 364. The van der Waals surface area contributed by atoms with Crippen molar-refractivity contribution in [2.45, 2.75) is 44.2 Å². The second-order valence-corrected chi connectivity index (χ2v) is 10.6. The van der Waals surface area contributed by atoms with Gasteiger partial charge in [-0.1, -0.05) is 66.9 Å². The van der Waals surface area contributed by atoms with Gasteiger partial charge in [0.15, 0.2) is 0 Å². The van der Waals surface area contributed by atoms with E-state index in [1.807, 2.05) is 0 Å². The summed E-state index contributed by atoms with van der Waals surface area (Å²) in [5, 5.41) is 1.73. The summed E-state index contributed by atoms with van der Waals surface area (Å²) in [4.78, 5) is 2.79. The van der Waals surface area contributed by atoms with Crippen molar-refractivity contribution >= 4 is 13.3 Å². The third kappa shape index (κ3) is 2.55. The molecule has 0 N–H and O–H groups in total. The smallest absolute Gasteiger partial charge is 0.101 e. The first-order valence-corrected chi connectivity index (χ1v) is 10.3. The maximum Gasteiger partial charge on any atom is 0.101 e. The van der Waals surface area contributed by atoms with E-state index in [9.17, 15) is 0 Å². The van der Waals surface area contributed by atoms with Gasteiger partial charge in [-0.15, -0.1) is 0 Å². The topological polar surface area (TPSA) is 3.24 Å². The highest BCUT2D eigenvalue weighted by atomic mass is 28.3. The van der Waals surface area contributed by atoms with Crippen LogP contribution in [0.4, 0.5) is 0 Å². The first-order chi connectivity index (χ1) is 8.89. The minimum atomic E-state index is -1.17. The zero-order chi connectivity index (χ0) is 12.3. The van der Waals surface area contributed by atoms with Crippen molar-refractivity contribution < 1.29 is 0 Å². The van der Waals surface area contributed by atoms with E-state index in [2.05, 4.69) is 35.2 Å². The SMILES string of the molecule is c1ccc([Si]2(CN3CCCCC3)CCCC2)cc1. The van der Waals surface area contributed by atoms with E-state index >= 15 is 0 Å². The summed E-state index contributed by atoms with van der Waals surface area (Å²) in [6, 6.07) is 14.6. The summed E-state index contributed by atoms with van der Waals surface area (Å²) in [5.74, 6) is 0. The van der Waals surface area contributed by atoms with Crippen LogP contribution in [0.15, 0.2) is 30.3 Å². The summed E-state index contributed by atoms with van der Waals surface area (Å²) in [7, 11) is -1.17. The number of benzene rings is 1. The highest BCUT2D eigenvalue weighted by Crippen LogP contribution is 2.31. The van der Waals surface area contributed by atoms with Crippen molar-refractivity contribution in [1.29, 1.82) is 0 Å². The molecule has 2 heterocycles. The van der Waals surface area contributed by atoms with Gasteiger partial charge in [0.25, 0.3) is 0 Å². The van der Waals surface area contributed by atoms with Gasteiger partial charge in [-0.25, -0.2) is 0 Å². The molecule has 2 heteroatoms. The van der Waals surface area contributed by atoms with Crippen LogP contribution in [-0.2, 0) is 0 Å². The molecule has 2 aliphatic heterocycles. The Labute approximate surface area is 112 Å². The lowest BCUT2D eigenvalue weighted by atomic mass is 10.1. The maximum absolute atomic E-state index is 2.79. The van der Waals surface area contributed by atoms with Gasteiger partial charge in [0, 0.05) is 0 Å². The van der Waals surface area contributed by atoms with Gasteiger partial charge in [0.05, 0.1) is 0 Å². The summed E-state index contributed by atoms with van der Waals surface area (Å²) in [6.07, 6.45) is 8.72. The number of hydrogen-bond donors (Lipinski definition) is 0. The molecular formula is C16H25NSi. The summed E-state index contributed by atoms with van der Waals surface area (Å²) in [6.45, 7) is 2.73. The van der Waals surface area contributed by atoms with E-state index in [4.69, 9.17) is 0 Å². The molecule has 1 aromatic carbocycles. The molecule has 0 aliphatic carbocycles. The van der Waals surface area contributed by atoms with Crippen molar-refractivity contribution in [3.8, 4) is 0 Å². The highest BCUT2D eigenvalue weighted by Gasteiger charge is 2.39. The van der Waals surface area contributed by atoms with Crippen LogP contribution in [0.25, 0.3) is 0 Å². The van der Waals surface area contributed by atoms with Gasteiger partial charge < -0.3 is 4.90 Å². The number of hydrogen-bond acceptors (Lipinski definition) is 1. The van der Waals surface area contributed by atoms with E-state index in [1.165, 1.54) is 63.4 Å².